The summed E-state index contributed by atoms with van der Waals surface area (Å²) in [4.78, 5) is 47.9. The van der Waals surface area contributed by atoms with E-state index in [0.717, 1.165) is 31.6 Å². The molecule has 0 saturated carbocycles. The number of likely N-dealkylation sites (tertiary alicyclic amines) is 2. The average molecular weight is 483 g/mol. The highest BCUT2D eigenvalue weighted by molar-refractivity contribution is 5.98. The molecule has 3 amide bonds. The van der Waals surface area contributed by atoms with Gasteiger partial charge in [0.15, 0.2) is 0 Å². The number of hydrogen-bond acceptors (Lipinski definition) is 6. The van der Waals surface area contributed by atoms with Crippen molar-refractivity contribution in [1.82, 2.24) is 25.0 Å². The largest absolute Gasteiger partial charge is 0.342 e. The number of para-hydroxylation sites is 1. The maximum Gasteiger partial charge on any atom is 0.247 e. The van der Waals surface area contributed by atoms with Gasteiger partial charge in [0.25, 0.3) is 0 Å². The molecule has 0 radical (unpaired) electrons. The predicted octanol–water partition coefficient (Wildman–Crippen LogP) is 0.631. The van der Waals surface area contributed by atoms with Crippen LogP contribution in [0.5, 0.6) is 0 Å². The molecule has 9 nitrogen and oxygen atoms in total. The van der Waals surface area contributed by atoms with E-state index < -0.39 is 0 Å². The van der Waals surface area contributed by atoms with Crippen molar-refractivity contribution < 1.29 is 14.4 Å². The Hall–Kier alpha value is -2.49. The summed E-state index contributed by atoms with van der Waals surface area (Å²) in [5.41, 5.74) is 4.18. The van der Waals surface area contributed by atoms with Crippen LogP contribution in [0.4, 0.5) is 5.69 Å². The summed E-state index contributed by atoms with van der Waals surface area (Å²) in [6, 6.07) is 9.38. The Morgan fingerprint density at radius 2 is 1.57 bits per heavy atom. The van der Waals surface area contributed by atoms with Gasteiger partial charge < -0.3 is 14.7 Å². The first-order valence-electron chi connectivity index (χ1n) is 13.1. The average Bonchev–Trinajstić information content (AvgIpc) is 3.04. The van der Waals surface area contributed by atoms with Crippen molar-refractivity contribution in [2.45, 2.75) is 31.7 Å². The van der Waals surface area contributed by atoms with Gasteiger partial charge in [0.1, 0.15) is 0 Å². The Kier molecular flexibility index (Phi) is 7.36. The number of benzene rings is 1. The number of hydrazine groups is 1. The molecule has 5 rings (SSSR count). The van der Waals surface area contributed by atoms with Gasteiger partial charge in [-0.2, -0.15) is 0 Å². The van der Waals surface area contributed by atoms with Crippen LogP contribution in [0.25, 0.3) is 0 Å². The fraction of sp³-hybridized carbons (Fsp3) is 0.654. The van der Waals surface area contributed by atoms with Crippen molar-refractivity contribution in [3.8, 4) is 0 Å². The van der Waals surface area contributed by atoms with Crippen molar-refractivity contribution in [2.24, 2.45) is 11.8 Å². The fourth-order valence-electron chi connectivity index (χ4n) is 6.03. The highest BCUT2D eigenvalue weighted by Gasteiger charge is 2.51. The number of carbonyl (C=O) groups excluding carboxylic acids is 3. The van der Waals surface area contributed by atoms with Crippen LogP contribution in [0.1, 0.15) is 25.7 Å². The zero-order chi connectivity index (χ0) is 24.4. The molecule has 1 aromatic rings. The molecule has 1 N–H and O–H groups in total. The van der Waals surface area contributed by atoms with Crippen molar-refractivity contribution in [3.05, 3.63) is 30.3 Å². The maximum atomic E-state index is 13.6. The number of piperidine rings is 1. The van der Waals surface area contributed by atoms with Gasteiger partial charge in [-0.15, -0.1) is 0 Å². The van der Waals surface area contributed by atoms with Crippen LogP contribution in [0.2, 0.25) is 0 Å². The van der Waals surface area contributed by atoms with Gasteiger partial charge in [0, 0.05) is 52.4 Å². The topological polar surface area (TPSA) is 79.4 Å². The lowest BCUT2D eigenvalue weighted by Crippen LogP contribution is -2.59. The molecule has 9 heteroatoms. The monoisotopic (exact) mass is 482 g/mol. The van der Waals surface area contributed by atoms with E-state index in [1.807, 2.05) is 47.2 Å². The fourth-order valence-corrected chi connectivity index (χ4v) is 6.03. The van der Waals surface area contributed by atoms with Gasteiger partial charge in [-0.1, -0.05) is 31.0 Å². The third kappa shape index (κ3) is 5.22. The second-order valence-corrected chi connectivity index (χ2v) is 10.5. The Morgan fingerprint density at radius 3 is 2.26 bits per heavy atom. The number of nitrogens with zero attached hydrogens (tertiary/aromatic N) is 5. The van der Waals surface area contributed by atoms with Crippen LogP contribution in [-0.2, 0) is 14.4 Å². The number of piperazine rings is 1. The summed E-state index contributed by atoms with van der Waals surface area (Å²) in [6.45, 7) is 6.16. The van der Waals surface area contributed by atoms with E-state index in [-0.39, 0.29) is 35.6 Å². The standard InChI is InChI=1S/C26H38N6O3/c1-28-17-21(24-22(18-28)26(35)32(27-24)20-9-5-4-6-10-20)25(34)31-15-13-29(14-16-31)19-23(33)30-11-7-2-3-8-12-30/h4-6,9-10,21-22,24,27H,2-3,7-8,11-19H2,1H3. The second kappa shape index (κ2) is 10.6. The quantitative estimate of drug-likeness (QED) is 0.678. The Morgan fingerprint density at radius 1 is 0.886 bits per heavy atom. The van der Waals surface area contributed by atoms with Crippen LogP contribution in [-0.4, -0.2) is 109 Å². The van der Waals surface area contributed by atoms with Gasteiger partial charge in [-0.3, -0.25) is 19.3 Å². The summed E-state index contributed by atoms with van der Waals surface area (Å²) in [5, 5.41) is 1.63. The molecule has 4 saturated heterocycles. The SMILES string of the molecule is CN1CC(C(=O)N2CCN(CC(=O)N3CCCCCC3)CC2)C2NN(c3ccccc3)C(=O)C2C1. The van der Waals surface area contributed by atoms with Crippen LogP contribution in [0.15, 0.2) is 30.3 Å². The van der Waals surface area contributed by atoms with E-state index in [1.165, 1.54) is 12.8 Å². The van der Waals surface area contributed by atoms with E-state index in [1.54, 1.807) is 5.01 Å². The van der Waals surface area contributed by atoms with Crippen molar-refractivity contribution >= 4 is 23.4 Å². The third-order valence-corrected chi connectivity index (χ3v) is 8.03. The van der Waals surface area contributed by atoms with Gasteiger partial charge >= 0.3 is 0 Å². The minimum Gasteiger partial charge on any atom is -0.342 e. The first-order valence-corrected chi connectivity index (χ1v) is 13.1. The highest BCUT2D eigenvalue weighted by atomic mass is 16.2. The molecule has 0 aromatic heterocycles. The second-order valence-electron chi connectivity index (χ2n) is 10.5. The molecule has 0 spiro atoms. The molecule has 0 bridgehead atoms. The molecule has 3 atom stereocenters. The summed E-state index contributed by atoms with van der Waals surface area (Å²) >= 11 is 0. The number of amides is 3. The van der Waals surface area contributed by atoms with E-state index in [4.69, 9.17) is 0 Å². The predicted molar refractivity (Wildman–Crippen MR) is 133 cm³/mol. The minimum atomic E-state index is -0.276. The summed E-state index contributed by atoms with van der Waals surface area (Å²) in [6.07, 6.45) is 4.63. The third-order valence-electron chi connectivity index (χ3n) is 8.03. The number of fused-ring (bicyclic) bond motifs is 1. The lowest BCUT2D eigenvalue weighted by atomic mass is 9.84. The number of nitrogens with one attached hydrogen (secondary N) is 1. The maximum absolute atomic E-state index is 13.6. The smallest absolute Gasteiger partial charge is 0.247 e. The lowest BCUT2D eigenvalue weighted by molar-refractivity contribution is -0.141. The van der Waals surface area contributed by atoms with Crippen LogP contribution < -0.4 is 10.4 Å². The summed E-state index contributed by atoms with van der Waals surface area (Å²) in [5.74, 6) is -0.155. The molecule has 190 valence electrons. The molecule has 35 heavy (non-hydrogen) atoms. The molecule has 4 aliphatic heterocycles. The van der Waals surface area contributed by atoms with Crippen LogP contribution in [0.3, 0.4) is 0 Å². The normalized spacial score (nSPS) is 28.7. The lowest BCUT2D eigenvalue weighted by Gasteiger charge is -2.41. The first kappa shape index (κ1) is 24.2. The summed E-state index contributed by atoms with van der Waals surface area (Å²) < 4.78 is 0. The Bertz CT molecular complexity index is 911. The molecule has 3 unspecified atom stereocenters. The Balaban J connectivity index is 1.18. The minimum absolute atomic E-state index is 0.0300. The van der Waals surface area contributed by atoms with Gasteiger partial charge in [0.05, 0.1) is 30.1 Å². The van der Waals surface area contributed by atoms with Gasteiger partial charge in [-0.25, -0.2) is 10.4 Å². The number of rotatable bonds is 4. The summed E-state index contributed by atoms with van der Waals surface area (Å²) in [7, 11) is 1.99. The van der Waals surface area contributed by atoms with E-state index in [0.29, 0.717) is 45.8 Å². The molecule has 4 aliphatic rings. The Labute approximate surface area is 208 Å². The van der Waals surface area contributed by atoms with Crippen molar-refractivity contribution in [3.63, 3.8) is 0 Å². The first-order chi connectivity index (χ1) is 17.0. The van der Waals surface area contributed by atoms with Gasteiger partial charge in [0.2, 0.25) is 17.7 Å². The highest BCUT2D eigenvalue weighted by Crippen LogP contribution is 2.32. The molecule has 0 aliphatic carbocycles. The molecule has 4 heterocycles. The number of anilines is 1. The molecule has 1 aromatic carbocycles. The molecular weight excluding hydrogens is 444 g/mol. The zero-order valence-corrected chi connectivity index (χ0v) is 20.8. The van der Waals surface area contributed by atoms with Crippen LogP contribution in [0, 0.1) is 11.8 Å². The van der Waals surface area contributed by atoms with E-state index >= 15 is 0 Å². The number of carbonyl (C=O) groups is 3. The number of hydrogen-bond donors (Lipinski definition) is 1. The molecule has 4 fully saturated rings. The van der Waals surface area contributed by atoms with E-state index in [9.17, 15) is 14.4 Å². The zero-order valence-electron chi connectivity index (χ0n) is 20.8. The van der Waals surface area contributed by atoms with Gasteiger partial charge in [-0.05, 0) is 32.0 Å². The van der Waals surface area contributed by atoms with Crippen molar-refractivity contribution in [1.29, 1.82) is 0 Å². The van der Waals surface area contributed by atoms with E-state index in [2.05, 4.69) is 15.2 Å². The van der Waals surface area contributed by atoms with Crippen LogP contribution >= 0.6 is 0 Å². The molecular formula is C26H38N6O3. The van der Waals surface area contributed by atoms with Crippen molar-refractivity contribution in [2.75, 3.05) is 71.0 Å².